The summed E-state index contributed by atoms with van der Waals surface area (Å²) in [5, 5.41) is 11.4. The number of pyridine rings is 1. The predicted octanol–water partition coefficient (Wildman–Crippen LogP) is 2.37. The second-order valence-corrected chi connectivity index (χ2v) is 4.52. The molecular weight excluding hydrogens is 240 g/mol. The Morgan fingerprint density at radius 3 is 2.89 bits per heavy atom. The Labute approximate surface area is 113 Å². The van der Waals surface area contributed by atoms with Crippen molar-refractivity contribution in [3.8, 4) is 11.6 Å². The molecule has 19 heavy (non-hydrogen) atoms. The van der Waals surface area contributed by atoms with Crippen LogP contribution in [0.15, 0.2) is 22.6 Å². The fourth-order valence-electron chi connectivity index (χ4n) is 1.79. The van der Waals surface area contributed by atoms with Crippen molar-refractivity contribution >= 4 is 0 Å². The number of hydrogen-bond donors (Lipinski definition) is 1. The lowest BCUT2D eigenvalue weighted by molar-refractivity contribution is 0.490. The third-order valence-corrected chi connectivity index (χ3v) is 2.75. The van der Waals surface area contributed by atoms with Crippen molar-refractivity contribution in [2.24, 2.45) is 0 Å². The van der Waals surface area contributed by atoms with Crippen LogP contribution in [0, 0.1) is 6.92 Å². The number of nitrogens with one attached hydrogen (secondary N) is 1. The molecule has 102 valence electrons. The molecule has 0 aliphatic rings. The van der Waals surface area contributed by atoms with Crippen molar-refractivity contribution in [1.82, 2.24) is 20.5 Å². The molecule has 0 unspecified atom stereocenters. The molecule has 2 rings (SSSR count). The second kappa shape index (κ2) is 6.99. The van der Waals surface area contributed by atoms with Crippen LogP contribution < -0.4 is 5.32 Å². The Hall–Kier alpha value is -1.75. The maximum Gasteiger partial charge on any atom is 0.266 e. The Morgan fingerprint density at radius 2 is 2.11 bits per heavy atom. The summed E-state index contributed by atoms with van der Waals surface area (Å²) >= 11 is 0. The second-order valence-electron chi connectivity index (χ2n) is 4.52. The molecule has 5 heteroatoms. The zero-order valence-corrected chi connectivity index (χ0v) is 11.5. The zero-order valence-electron chi connectivity index (χ0n) is 11.5. The van der Waals surface area contributed by atoms with Gasteiger partial charge in [0.05, 0.1) is 0 Å². The van der Waals surface area contributed by atoms with E-state index in [9.17, 15) is 0 Å². The van der Waals surface area contributed by atoms with Gasteiger partial charge in [0.2, 0.25) is 5.89 Å². The van der Waals surface area contributed by atoms with Gasteiger partial charge in [0, 0.05) is 12.1 Å². The average molecular weight is 260 g/mol. The molecule has 0 amide bonds. The fourth-order valence-corrected chi connectivity index (χ4v) is 1.79. The van der Waals surface area contributed by atoms with Crippen molar-refractivity contribution in [2.75, 3.05) is 13.1 Å². The van der Waals surface area contributed by atoms with Gasteiger partial charge in [-0.05, 0) is 45.0 Å². The molecule has 0 aliphatic heterocycles. The van der Waals surface area contributed by atoms with Crippen LogP contribution in [-0.4, -0.2) is 28.3 Å². The number of aromatic nitrogens is 3. The van der Waals surface area contributed by atoms with Crippen LogP contribution in [-0.2, 0) is 6.42 Å². The van der Waals surface area contributed by atoms with Crippen molar-refractivity contribution in [2.45, 2.75) is 33.1 Å². The first-order valence-electron chi connectivity index (χ1n) is 6.76. The van der Waals surface area contributed by atoms with E-state index in [1.54, 1.807) is 0 Å². The van der Waals surface area contributed by atoms with Crippen LogP contribution in [0.2, 0.25) is 0 Å². The number of aryl methyl sites for hydroxylation is 2. The van der Waals surface area contributed by atoms with E-state index >= 15 is 0 Å². The molecule has 0 spiro atoms. The van der Waals surface area contributed by atoms with Gasteiger partial charge in [-0.3, -0.25) is 0 Å². The van der Waals surface area contributed by atoms with Crippen molar-refractivity contribution < 1.29 is 4.42 Å². The van der Waals surface area contributed by atoms with Gasteiger partial charge in [0.25, 0.3) is 5.89 Å². The molecule has 0 aromatic carbocycles. The van der Waals surface area contributed by atoms with Crippen LogP contribution in [0.25, 0.3) is 11.6 Å². The highest BCUT2D eigenvalue weighted by molar-refractivity contribution is 5.45. The molecule has 0 saturated carbocycles. The van der Waals surface area contributed by atoms with Crippen LogP contribution in [0.1, 0.15) is 31.4 Å². The zero-order chi connectivity index (χ0) is 13.5. The minimum Gasteiger partial charge on any atom is -0.419 e. The van der Waals surface area contributed by atoms with E-state index in [0.717, 1.165) is 43.7 Å². The normalized spacial score (nSPS) is 10.8. The molecule has 5 nitrogen and oxygen atoms in total. The quantitative estimate of drug-likeness (QED) is 0.774. The summed E-state index contributed by atoms with van der Waals surface area (Å²) in [5.41, 5.74) is 1.68. The van der Waals surface area contributed by atoms with E-state index in [2.05, 4.69) is 27.4 Å². The Morgan fingerprint density at radius 1 is 1.21 bits per heavy atom. The van der Waals surface area contributed by atoms with E-state index < -0.39 is 0 Å². The highest BCUT2D eigenvalue weighted by Crippen LogP contribution is 2.15. The number of rotatable bonds is 7. The van der Waals surface area contributed by atoms with E-state index in [1.165, 1.54) is 0 Å². The Kier molecular flexibility index (Phi) is 5.03. The smallest absolute Gasteiger partial charge is 0.266 e. The molecule has 0 saturated heterocycles. The first-order valence-corrected chi connectivity index (χ1v) is 6.76. The van der Waals surface area contributed by atoms with Crippen LogP contribution in [0.4, 0.5) is 0 Å². The van der Waals surface area contributed by atoms with Gasteiger partial charge in [-0.1, -0.05) is 13.0 Å². The minimum atomic E-state index is 0.500. The van der Waals surface area contributed by atoms with Crippen LogP contribution in [0.3, 0.4) is 0 Å². The molecule has 1 N–H and O–H groups in total. The molecule has 0 atom stereocenters. The lowest BCUT2D eigenvalue weighted by Gasteiger charge is -1.99. The first kappa shape index (κ1) is 13.7. The predicted molar refractivity (Wildman–Crippen MR) is 73.7 cm³/mol. The van der Waals surface area contributed by atoms with Crippen molar-refractivity contribution in [1.29, 1.82) is 0 Å². The van der Waals surface area contributed by atoms with Gasteiger partial charge in [-0.15, -0.1) is 10.2 Å². The monoisotopic (exact) mass is 260 g/mol. The standard InChI is InChI=1S/C14H20N4O/c1-3-9-15-10-5-8-13-17-18-14(19-13)12-7-4-6-11(2)16-12/h4,6-7,15H,3,5,8-10H2,1-2H3. The van der Waals surface area contributed by atoms with Crippen molar-refractivity contribution in [3.63, 3.8) is 0 Å². The topological polar surface area (TPSA) is 63.8 Å². The van der Waals surface area contributed by atoms with Gasteiger partial charge >= 0.3 is 0 Å². The van der Waals surface area contributed by atoms with Crippen molar-refractivity contribution in [3.05, 3.63) is 29.8 Å². The molecule has 0 aliphatic carbocycles. The first-order chi connectivity index (χ1) is 9.29. The van der Waals surface area contributed by atoms with E-state index in [1.807, 2.05) is 25.1 Å². The summed E-state index contributed by atoms with van der Waals surface area (Å²) in [5.74, 6) is 1.18. The summed E-state index contributed by atoms with van der Waals surface area (Å²) in [6.07, 6.45) is 2.96. The molecule has 2 aromatic rings. The molecule has 0 radical (unpaired) electrons. The summed E-state index contributed by atoms with van der Waals surface area (Å²) in [7, 11) is 0. The van der Waals surface area contributed by atoms with Gasteiger partial charge in [-0.2, -0.15) is 0 Å². The van der Waals surface area contributed by atoms with Crippen LogP contribution >= 0.6 is 0 Å². The summed E-state index contributed by atoms with van der Waals surface area (Å²) < 4.78 is 5.62. The minimum absolute atomic E-state index is 0.500. The highest BCUT2D eigenvalue weighted by atomic mass is 16.4. The average Bonchev–Trinajstić information content (AvgIpc) is 2.87. The molecule has 2 heterocycles. The van der Waals surface area contributed by atoms with E-state index in [-0.39, 0.29) is 0 Å². The largest absolute Gasteiger partial charge is 0.419 e. The summed E-state index contributed by atoms with van der Waals surface area (Å²) in [4.78, 5) is 4.37. The molecule has 0 fully saturated rings. The maximum absolute atomic E-state index is 5.62. The highest BCUT2D eigenvalue weighted by Gasteiger charge is 2.09. The van der Waals surface area contributed by atoms with Gasteiger partial charge in [0.15, 0.2) is 0 Å². The lowest BCUT2D eigenvalue weighted by atomic mass is 10.3. The molecular formula is C14H20N4O. The lowest BCUT2D eigenvalue weighted by Crippen LogP contribution is -2.16. The van der Waals surface area contributed by atoms with Gasteiger partial charge < -0.3 is 9.73 Å². The van der Waals surface area contributed by atoms with E-state index in [4.69, 9.17) is 4.42 Å². The van der Waals surface area contributed by atoms with Gasteiger partial charge in [-0.25, -0.2) is 4.98 Å². The Balaban J connectivity index is 1.88. The Bertz CT molecular complexity index is 510. The third kappa shape index (κ3) is 4.13. The molecule has 2 aromatic heterocycles. The fraction of sp³-hybridized carbons (Fsp3) is 0.500. The number of hydrogen-bond acceptors (Lipinski definition) is 5. The van der Waals surface area contributed by atoms with E-state index in [0.29, 0.717) is 11.8 Å². The summed E-state index contributed by atoms with van der Waals surface area (Å²) in [6.45, 7) is 6.14. The SMILES string of the molecule is CCCNCCCc1nnc(-c2cccc(C)n2)o1. The maximum atomic E-state index is 5.62. The van der Waals surface area contributed by atoms with Gasteiger partial charge in [0.1, 0.15) is 5.69 Å². The van der Waals surface area contributed by atoms with Crippen LogP contribution in [0.5, 0.6) is 0 Å². The third-order valence-electron chi connectivity index (χ3n) is 2.75. The summed E-state index contributed by atoms with van der Waals surface area (Å²) in [6, 6.07) is 5.77. The molecule has 0 bridgehead atoms. The number of nitrogens with zero attached hydrogens (tertiary/aromatic N) is 3.